The minimum absolute atomic E-state index is 0.428. The van der Waals surface area contributed by atoms with Gasteiger partial charge in [0, 0.05) is 6.92 Å². The Kier molecular flexibility index (Phi) is 1.84. The molecule has 2 aliphatic rings. The molecule has 0 radical (unpaired) electrons. The van der Waals surface area contributed by atoms with Crippen LogP contribution in [0, 0.1) is 0 Å². The van der Waals surface area contributed by atoms with Gasteiger partial charge in [0.05, 0.1) is 6.04 Å². The van der Waals surface area contributed by atoms with Crippen LogP contribution < -0.4 is 0 Å². The second-order valence-corrected chi connectivity index (χ2v) is 3.51. The SMILES string of the molecule is CC1=N[C@H]2CCCCC[C@H]2O1. The normalized spacial score (nSPS) is 37.0. The van der Waals surface area contributed by atoms with E-state index in [1.165, 1.54) is 32.1 Å². The van der Waals surface area contributed by atoms with Gasteiger partial charge in [0.2, 0.25) is 0 Å². The maximum atomic E-state index is 5.60. The Morgan fingerprint density at radius 3 is 3.00 bits per heavy atom. The van der Waals surface area contributed by atoms with E-state index in [1.807, 2.05) is 6.92 Å². The lowest BCUT2D eigenvalue weighted by molar-refractivity contribution is 0.182. The Balaban J connectivity index is 2.04. The van der Waals surface area contributed by atoms with Gasteiger partial charge in [-0.15, -0.1) is 0 Å². The lowest BCUT2D eigenvalue weighted by atomic mass is 10.1. The van der Waals surface area contributed by atoms with Crippen molar-refractivity contribution in [3.63, 3.8) is 0 Å². The quantitative estimate of drug-likeness (QED) is 0.522. The fourth-order valence-electron chi connectivity index (χ4n) is 2.02. The Labute approximate surface area is 67.7 Å². The van der Waals surface area contributed by atoms with E-state index >= 15 is 0 Å². The summed E-state index contributed by atoms with van der Waals surface area (Å²) in [6.07, 6.45) is 6.90. The van der Waals surface area contributed by atoms with Crippen LogP contribution in [0.25, 0.3) is 0 Å². The van der Waals surface area contributed by atoms with Crippen LogP contribution in [-0.4, -0.2) is 18.0 Å². The molecule has 2 nitrogen and oxygen atoms in total. The Hall–Kier alpha value is -0.530. The molecule has 1 heterocycles. The fraction of sp³-hybridized carbons (Fsp3) is 0.889. The molecule has 0 aromatic carbocycles. The molecule has 0 aromatic heterocycles. The van der Waals surface area contributed by atoms with Gasteiger partial charge in [-0.25, -0.2) is 4.99 Å². The van der Waals surface area contributed by atoms with Crippen molar-refractivity contribution in [2.24, 2.45) is 4.99 Å². The van der Waals surface area contributed by atoms with E-state index < -0.39 is 0 Å². The summed E-state index contributed by atoms with van der Waals surface area (Å²) in [7, 11) is 0. The van der Waals surface area contributed by atoms with Gasteiger partial charge in [-0.2, -0.15) is 0 Å². The maximum absolute atomic E-state index is 5.60. The first-order valence-electron chi connectivity index (χ1n) is 4.57. The van der Waals surface area contributed by atoms with Crippen LogP contribution in [0.4, 0.5) is 0 Å². The average Bonchev–Trinajstić information content (AvgIpc) is 2.17. The number of ether oxygens (including phenoxy) is 1. The summed E-state index contributed by atoms with van der Waals surface area (Å²) in [4.78, 5) is 4.46. The molecule has 1 fully saturated rings. The summed E-state index contributed by atoms with van der Waals surface area (Å²) >= 11 is 0. The van der Waals surface area contributed by atoms with Crippen LogP contribution in [0.5, 0.6) is 0 Å². The molecule has 0 unspecified atom stereocenters. The molecule has 11 heavy (non-hydrogen) atoms. The minimum atomic E-state index is 0.428. The van der Waals surface area contributed by atoms with Crippen molar-refractivity contribution in [1.82, 2.24) is 0 Å². The highest BCUT2D eigenvalue weighted by atomic mass is 16.5. The first kappa shape index (κ1) is 7.14. The highest BCUT2D eigenvalue weighted by Gasteiger charge is 2.29. The third-order valence-electron chi connectivity index (χ3n) is 2.59. The number of hydrogen-bond acceptors (Lipinski definition) is 2. The third-order valence-corrected chi connectivity index (χ3v) is 2.59. The number of aliphatic imine (C=N–C) groups is 1. The van der Waals surface area contributed by atoms with E-state index in [0.29, 0.717) is 12.1 Å². The zero-order chi connectivity index (χ0) is 7.68. The first-order chi connectivity index (χ1) is 5.36. The molecule has 0 spiro atoms. The van der Waals surface area contributed by atoms with Gasteiger partial charge >= 0.3 is 0 Å². The lowest BCUT2D eigenvalue weighted by Gasteiger charge is -2.12. The molecule has 0 N–H and O–H groups in total. The van der Waals surface area contributed by atoms with Crippen LogP contribution in [0.15, 0.2) is 4.99 Å². The van der Waals surface area contributed by atoms with Crippen LogP contribution in [-0.2, 0) is 4.74 Å². The number of fused-ring (bicyclic) bond motifs is 1. The Morgan fingerprint density at radius 2 is 2.09 bits per heavy atom. The van der Waals surface area contributed by atoms with Crippen molar-refractivity contribution < 1.29 is 4.74 Å². The van der Waals surface area contributed by atoms with E-state index in [1.54, 1.807) is 0 Å². The van der Waals surface area contributed by atoms with Crippen molar-refractivity contribution in [1.29, 1.82) is 0 Å². The molecule has 0 bridgehead atoms. The van der Waals surface area contributed by atoms with E-state index in [4.69, 9.17) is 4.74 Å². The molecule has 2 heteroatoms. The predicted molar refractivity (Wildman–Crippen MR) is 44.9 cm³/mol. The summed E-state index contributed by atoms with van der Waals surface area (Å²) in [5.41, 5.74) is 0. The summed E-state index contributed by atoms with van der Waals surface area (Å²) in [6, 6.07) is 0.498. The summed E-state index contributed by atoms with van der Waals surface area (Å²) in [6.45, 7) is 1.97. The van der Waals surface area contributed by atoms with Gasteiger partial charge in [0.25, 0.3) is 0 Å². The van der Waals surface area contributed by atoms with Crippen LogP contribution in [0.3, 0.4) is 0 Å². The molecule has 1 saturated carbocycles. The number of hydrogen-bond donors (Lipinski definition) is 0. The van der Waals surface area contributed by atoms with Crippen molar-refractivity contribution >= 4 is 5.90 Å². The van der Waals surface area contributed by atoms with Gasteiger partial charge in [-0.1, -0.05) is 12.8 Å². The number of rotatable bonds is 0. The van der Waals surface area contributed by atoms with Gasteiger partial charge in [0.15, 0.2) is 5.90 Å². The summed E-state index contributed by atoms with van der Waals surface area (Å²) in [5.74, 6) is 0.905. The third kappa shape index (κ3) is 1.39. The molecule has 0 aromatic rings. The largest absolute Gasteiger partial charge is 0.476 e. The van der Waals surface area contributed by atoms with Crippen molar-refractivity contribution in [2.45, 2.75) is 51.2 Å². The first-order valence-corrected chi connectivity index (χ1v) is 4.57. The van der Waals surface area contributed by atoms with E-state index in [-0.39, 0.29) is 0 Å². The zero-order valence-corrected chi connectivity index (χ0v) is 7.05. The molecule has 1 aliphatic carbocycles. The van der Waals surface area contributed by atoms with Gasteiger partial charge in [0.1, 0.15) is 6.10 Å². The second-order valence-electron chi connectivity index (χ2n) is 3.51. The molecule has 1 aliphatic heterocycles. The minimum Gasteiger partial charge on any atom is -0.476 e. The zero-order valence-electron chi connectivity index (χ0n) is 7.05. The fourth-order valence-corrected chi connectivity index (χ4v) is 2.02. The number of nitrogens with zero attached hydrogens (tertiary/aromatic N) is 1. The summed E-state index contributed by atoms with van der Waals surface area (Å²) in [5, 5.41) is 0. The van der Waals surface area contributed by atoms with Crippen molar-refractivity contribution in [3.8, 4) is 0 Å². The van der Waals surface area contributed by atoms with Crippen LogP contribution in [0.1, 0.15) is 39.0 Å². The van der Waals surface area contributed by atoms with Crippen molar-refractivity contribution in [3.05, 3.63) is 0 Å². The molecular weight excluding hydrogens is 138 g/mol. The van der Waals surface area contributed by atoms with Gasteiger partial charge in [-0.05, 0) is 19.3 Å². The van der Waals surface area contributed by atoms with Crippen LogP contribution >= 0.6 is 0 Å². The molecular formula is C9H15NO. The smallest absolute Gasteiger partial charge is 0.180 e. The Bertz CT molecular complexity index is 176. The highest BCUT2D eigenvalue weighted by molar-refractivity contribution is 5.75. The molecule has 2 atom stereocenters. The lowest BCUT2D eigenvalue weighted by Crippen LogP contribution is -2.20. The predicted octanol–water partition coefficient (Wildman–Crippen LogP) is 2.14. The maximum Gasteiger partial charge on any atom is 0.180 e. The van der Waals surface area contributed by atoms with Gasteiger partial charge < -0.3 is 4.74 Å². The second kappa shape index (κ2) is 2.84. The molecule has 2 rings (SSSR count). The van der Waals surface area contributed by atoms with Crippen LogP contribution in [0.2, 0.25) is 0 Å². The van der Waals surface area contributed by atoms with Crippen molar-refractivity contribution in [2.75, 3.05) is 0 Å². The van der Waals surface area contributed by atoms with E-state index in [9.17, 15) is 0 Å². The monoisotopic (exact) mass is 153 g/mol. The topological polar surface area (TPSA) is 21.6 Å². The van der Waals surface area contributed by atoms with E-state index in [2.05, 4.69) is 4.99 Å². The van der Waals surface area contributed by atoms with Gasteiger partial charge in [-0.3, -0.25) is 0 Å². The molecule has 0 amide bonds. The Morgan fingerprint density at radius 1 is 1.27 bits per heavy atom. The molecule has 0 saturated heterocycles. The standard InChI is InChI=1S/C9H15NO/c1-7-10-8-5-3-2-4-6-9(8)11-7/h8-9H,2-6H2,1H3/t8-,9+/m0/s1. The van der Waals surface area contributed by atoms with E-state index in [0.717, 1.165) is 5.90 Å². The highest BCUT2D eigenvalue weighted by Crippen LogP contribution is 2.27. The average molecular weight is 153 g/mol. The molecule has 62 valence electrons. The summed E-state index contributed by atoms with van der Waals surface area (Å²) < 4.78 is 5.60.